The van der Waals surface area contributed by atoms with E-state index in [1.54, 1.807) is 29.4 Å². The molecule has 1 aromatic carbocycles. The van der Waals surface area contributed by atoms with Crippen LogP contribution in [0.1, 0.15) is 21.5 Å². The molecule has 1 aliphatic heterocycles. The average molecular weight is 400 g/mol. The van der Waals surface area contributed by atoms with Gasteiger partial charge in [0.25, 0.3) is 0 Å². The van der Waals surface area contributed by atoms with E-state index < -0.39 is 18.8 Å². The van der Waals surface area contributed by atoms with Gasteiger partial charge in [-0.2, -0.15) is 0 Å². The first-order valence-electron chi connectivity index (χ1n) is 9.12. The third-order valence-electron chi connectivity index (χ3n) is 4.71. The second kappa shape index (κ2) is 8.93. The molecule has 0 saturated carbocycles. The van der Waals surface area contributed by atoms with Gasteiger partial charge in [0, 0.05) is 12.4 Å². The molecule has 10 heteroatoms. The minimum Gasteiger partial charge on any atom is -0.507 e. The van der Waals surface area contributed by atoms with Crippen molar-refractivity contribution in [1.82, 2.24) is 9.88 Å². The fraction of sp³-hybridized carbons (Fsp3) is 0.316. The van der Waals surface area contributed by atoms with Crippen molar-refractivity contribution in [3.63, 3.8) is 0 Å². The minimum absolute atomic E-state index is 0.00882. The van der Waals surface area contributed by atoms with E-state index in [1.807, 2.05) is 0 Å². The summed E-state index contributed by atoms with van der Waals surface area (Å²) >= 11 is 0. The lowest BCUT2D eigenvalue weighted by atomic mass is 9.82. The summed E-state index contributed by atoms with van der Waals surface area (Å²) in [6.45, 7) is 0.643. The summed E-state index contributed by atoms with van der Waals surface area (Å²) < 4.78 is 5.69. The van der Waals surface area contributed by atoms with E-state index in [4.69, 9.17) is 14.8 Å². The van der Waals surface area contributed by atoms with Crippen molar-refractivity contribution in [1.29, 1.82) is 0 Å². The maximum atomic E-state index is 12.3. The molecule has 152 valence electrons. The minimum atomic E-state index is -1.55. The van der Waals surface area contributed by atoms with Crippen LogP contribution in [0.5, 0.6) is 11.5 Å². The molecule has 9 nitrogen and oxygen atoms in total. The molecule has 29 heavy (non-hydrogen) atoms. The van der Waals surface area contributed by atoms with Crippen molar-refractivity contribution in [2.24, 2.45) is 0 Å². The van der Waals surface area contributed by atoms with E-state index in [0.717, 1.165) is 5.56 Å². The molecule has 1 amide bonds. The lowest BCUT2D eigenvalue weighted by molar-refractivity contribution is -0.139. The molecule has 2 aromatic rings. The second-order valence-electron chi connectivity index (χ2n) is 6.84. The van der Waals surface area contributed by atoms with Crippen molar-refractivity contribution in [3.8, 4) is 11.5 Å². The number of pyridine rings is 1. The number of phenols is 1. The van der Waals surface area contributed by atoms with Gasteiger partial charge in [-0.05, 0) is 42.1 Å². The van der Waals surface area contributed by atoms with Gasteiger partial charge in [-0.3, -0.25) is 9.78 Å². The van der Waals surface area contributed by atoms with Gasteiger partial charge in [-0.25, -0.2) is 4.79 Å². The monoisotopic (exact) mass is 400 g/mol. The van der Waals surface area contributed by atoms with Crippen LogP contribution in [0.4, 0.5) is 0 Å². The summed E-state index contributed by atoms with van der Waals surface area (Å²) in [6, 6.07) is 6.46. The molecule has 2 heterocycles. The van der Waals surface area contributed by atoms with Crippen molar-refractivity contribution < 1.29 is 34.6 Å². The van der Waals surface area contributed by atoms with E-state index in [9.17, 15) is 19.8 Å². The second-order valence-corrected chi connectivity index (χ2v) is 6.84. The van der Waals surface area contributed by atoms with Gasteiger partial charge in [0.05, 0.1) is 19.5 Å². The van der Waals surface area contributed by atoms with Crippen molar-refractivity contribution in [2.75, 3.05) is 13.1 Å². The van der Waals surface area contributed by atoms with Crippen molar-refractivity contribution in [2.45, 2.75) is 25.3 Å². The van der Waals surface area contributed by atoms with Crippen LogP contribution < -0.4 is 4.74 Å². The van der Waals surface area contributed by atoms with E-state index >= 15 is 0 Å². The standard InChI is InChI=1S/C19H21BN2O7/c23-16(9-12-4-7-21-8-5-12)22-10-14(11-22)29-15-2-1-13(3-6-20(27)28)18(24)17(15)19(25)26/h1-2,4-5,7-8,14,24,27-28H,3,6,9-11H2,(H,25,26). The predicted molar refractivity (Wildman–Crippen MR) is 103 cm³/mol. The molecule has 0 bridgehead atoms. The van der Waals surface area contributed by atoms with Crippen LogP contribution in [-0.2, 0) is 17.6 Å². The van der Waals surface area contributed by atoms with Gasteiger partial charge < -0.3 is 29.9 Å². The van der Waals surface area contributed by atoms with Gasteiger partial charge in [0.15, 0.2) is 0 Å². The summed E-state index contributed by atoms with van der Waals surface area (Å²) in [4.78, 5) is 29.4. The van der Waals surface area contributed by atoms with Gasteiger partial charge in [0.1, 0.15) is 23.2 Å². The number of benzene rings is 1. The highest BCUT2D eigenvalue weighted by Crippen LogP contribution is 2.34. The van der Waals surface area contributed by atoms with E-state index in [2.05, 4.69) is 4.98 Å². The first kappa shape index (κ1) is 20.6. The Morgan fingerprint density at radius 2 is 1.86 bits per heavy atom. The molecule has 4 N–H and O–H groups in total. The number of carboxylic acids is 1. The zero-order valence-corrected chi connectivity index (χ0v) is 15.6. The number of ether oxygens (including phenoxy) is 1. The van der Waals surface area contributed by atoms with E-state index in [0.29, 0.717) is 13.1 Å². The van der Waals surface area contributed by atoms with Crippen LogP contribution >= 0.6 is 0 Å². The largest absolute Gasteiger partial charge is 0.507 e. The first-order valence-corrected chi connectivity index (χ1v) is 9.12. The molecule has 1 aromatic heterocycles. The molecular weight excluding hydrogens is 379 g/mol. The number of carbonyl (C=O) groups excluding carboxylic acids is 1. The molecule has 0 spiro atoms. The van der Waals surface area contributed by atoms with Gasteiger partial charge in [-0.1, -0.05) is 6.07 Å². The number of nitrogens with zero attached hydrogens (tertiary/aromatic N) is 2. The van der Waals surface area contributed by atoms with Gasteiger partial charge in [-0.15, -0.1) is 0 Å². The quantitative estimate of drug-likeness (QED) is 0.465. The summed E-state index contributed by atoms with van der Waals surface area (Å²) in [7, 11) is -1.55. The Kier molecular flexibility index (Phi) is 6.35. The lowest BCUT2D eigenvalue weighted by Crippen LogP contribution is -2.56. The summed E-state index contributed by atoms with van der Waals surface area (Å²) in [5.41, 5.74) is 0.762. The number of aromatic carboxylic acids is 1. The highest BCUT2D eigenvalue weighted by Gasteiger charge is 2.33. The Morgan fingerprint density at radius 1 is 1.17 bits per heavy atom. The number of hydrogen-bond donors (Lipinski definition) is 4. The first-order chi connectivity index (χ1) is 13.8. The molecule has 1 aliphatic rings. The number of aromatic hydroxyl groups is 1. The molecule has 0 aliphatic carbocycles. The smallest absolute Gasteiger partial charge is 0.451 e. The van der Waals surface area contributed by atoms with Crippen LogP contribution in [0.2, 0.25) is 6.32 Å². The van der Waals surface area contributed by atoms with Crippen LogP contribution in [0.15, 0.2) is 36.7 Å². The molecule has 1 fully saturated rings. The van der Waals surface area contributed by atoms with Crippen molar-refractivity contribution >= 4 is 19.0 Å². The fourth-order valence-electron chi connectivity index (χ4n) is 3.09. The summed E-state index contributed by atoms with van der Waals surface area (Å²) in [5.74, 6) is -1.86. The topological polar surface area (TPSA) is 140 Å². The average Bonchev–Trinajstić information content (AvgIpc) is 2.63. The van der Waals surface area contributed by atoms with Crippen LogP contribution in [0.25, 0.3) is 0 Å². The Morgan fingerprint density at radius 3 is 2.48 bits per heavy atom. The Hall–Kier alpha value is -3.11. The van der Waals surface area contributed by atoms with Crippen LogP contribution in [-0.4, -0.2) is 68.3 Å². The zero-order chi connectivity index (χ0) is 21.0. The lowest BCUT2D eigenvalue weighted by Gasteiger charge is -2.39. The normalized spacial score (nSPS) is 13.7. The molecule has 3 rings (SSSR count). The van der Waals surface area contributed by atoms with Crippen molar-refractivity contribution in [3.05, 3.63) is 53.3 Å². The maximum Gasteiger partial charge on any atom is 0.451 e. The number of rotatable bonds is 8. The Labute approximate surface area is 167 Å². The molecule has 0 radical (unpaired) electrons. The number of amides is 1. The predicted octanol–water partition coefficient (Wildman–Crippen LogP) is 0.333. The number of aromatic nitrogens is 1. The number of hydrogen-bond acceptors (Lipinski definition) is 7. The van der Waals surface area contributed by atoms with Crippen LogP contribution in [0.3, 0.4) is 0 Å². The highest BCUT2D eigenvalue weighted by molar-refractivity contribution is 6.41. The number of carbonyl (C=O) groups is 2. The zero-order valence-electron chi connectivity index (χ0n) is 15.6. The third kappa shape index (κ3) is 5.04. The molecular formula is C19H21BN2O7. The van der Waals surface area contributed by atoms with Gasteiger partial charge >= 0.3 is 13.1 Å². The number of aryl methyl sites for hydroxylation is 1. The van der Waals surface area contributed by atoms with E-state index in [1.165, 1.54) is 12.1 Å². The van der Waals surface area contributed by atoms with Crippen LogP contribution in [0, 0.1) is 0 Å². The molecule has 1 saturated heterocycles. The molecule has 0 atom stereocenters. The van der Waals surface area contributed by atoms with Gasteiger partial charge in [0.2, 0.25) is 5.91 Å². The molecule has 0 unspecified atom stereocenters. The van der Waals surface area contributed by atoms with E-state index in [-0.39, 0.29) is 48.0 Å². The summed E-state index contributed by atoms with van der Waals surface area (Å²) in [6.07, 6.45) is 3.18. The fourth-order valence-corrected chi connectivity index (χ4v) is 3.09. The SMILES string of the molecule is O=C(O)c1c(OC2CN(C(=O)Cc3ccncc3)C2)ccc(CCB(O)O)c1O. The summed E-state index contributed by atoms with van der Waals surface area (Å²) in [5, 5.41) is 37.6. The third-order valence-corrected chi connectivity index (χ3v) is 4.71. The maximum absolute atomic E-state index is 12.3. The highest BCUT2D eigenvalue weighted by atomic mass is 16.5. The number of carboxylic acid groups (broad SMARTS) is 1. The Bertz CT molecular complexity index is 886. The number of likely N-dealkylation sites (tertiary alicyclic amines) is 1. The Balaban J connectivity index is 1.61.